The lowest BCUT2D eigenvalue weighted by atomic mass is 10.2. The summed E-state index contributed by atoms with van der Waals surface area (Å²) in [7, 11) is 0. The van der Waals surface area contributed by atoms with E-state index in [2.05, 4.69) is 21.1 Å². The van der Waals surface area contributed by atoms with Gasteiger partial charge in [-0.25, -0.2) is 14.7 Å². The molecule has 2 aromatic heterocycles. The van der Waals surface area contributed by atoms with Crippen LogP contribution in [0.25, 0.3) is 15.9 Å². The van der Waals surface area contributed by atoms with Crippen LogP contribution in [0.4, 0.5) is 5.13 Å². The van der Waals surface area contributed by atoms with Gasteiger partial charge in [-0.1, -0.05) is 35.1 Å². The first-order chi connectivity index (χ1) is 12.5. The molecule has 0 radical (unpaired) electrons. The number of aromatic amines is 1. The highest BCUT2D eigenvalue weighted by Gasteiger charge is 2.11. The van der Waals surface area contributed by atoms with Gasteiger partial charge in [0.05, 0.1) is 21.5 Å². The van der Waals surface area contributed by atoms with Crippen LogP contribution in [-0.2, 0) is 0 Å². The fourth-order valence-corrected chi connectivity index (χ4v) is 3.80. The highest BCUT2D eigenvalue weighted by atomic mass is 35.5. The molecule has 0 aliphatic heterocycles. The van der Waals surface area contributed by atoms with Gasteiger partial charge in [-0.15, -0.1) is 0 Å². The minimum absolute atomic E-state index is 0.175. The Morgan fingerprint density at radius 2 is 2.08 bits per heavy atom. The summed E-state index contributed by atoms with van der Waals surface area (Å²) in [6.07, 6.45) is 1.57. The van der Waals surface area contributed by atoms with Crippen LogP contribution >= 0.6 is 22.9 Å². The van der Waals surface area contributed by atoms with Crippen molar-refractivity contribution in [3.05, 3.63) is 74.7 Å². The van der Waals surface area contributed by atoms with Crippen molar-refractivity contribution in [2.45, 2.75) is 13.8 Å². The first-order valence-electron chi connectivity index (χ1n) is 8.00. The summed E-state index contributed by atoms with van der Waals surface area (Å²) in [5, 5.41) is 4.26. The lowest BCUT2D eigenvalue weighted by molar-refractivity contribution is 0.835. The standard InChI is InChI=1S/C19H15ClN4OS/c1-11-6-7-16-17(8-11)26-19(22-16)21-10-15-12(2)23-24(18(15)25)14-5-3-4-13(20)9-14/h3-10,23H,1-2H3/b21-10+. The number of hydrogen-bond acceptors (Lipinski definition) is 4. The molecule has 0 aliphatic carbocycles. The molecule has 0 fully saturated rings. The maximum absolute atomic E-state index is 12.7. The van der Waals surface area contributed by atoms with Gasteiger partial charge in [-0.2, -0.15) is 0 Å². The van der Waals surface area contributed by atoms with Gasteiger partial charge in [0.15, 0.2) is 0 Å². The molecule has 0 aliphatic rings. The molecule has 0 amide bonds. The third-order valence-electron chi connectivity index (χ3n) is 4.02. The van der Waals surface area contributed by atoms with Crippen molar-refractivity contribution < 1.29 is 0 Å². The van der Waals surface area contributed by atoms with Crippen LogP contribution in [0.1, 0.15) is 16.8 Å². The molecule has 0 spiro atoms. The third-order valence-corrected chi connectivity index (χ3v) is 5.18. The first-order valence-corrected chi connectivity index (χ1v) is 9.19. The Balaban J connectivity index is 1.71. The van der Waals surface area contributed by atoms with Gasteiger partial charge in [0.25, 0.3) is 5.56 Å². The van der Waals surface area contributed by atoms with E-state index in [4.69, 9.17) is 11.6 Å². The summed E-state index contributed by atoms with van der Waals surface area (Å²) >= 11 is 7.52. The zero-order valence-electron chi connectivity index (χ0n) is 14.2. The number of nitrogens with zero attached hydrogens (tertiary/aromatic N) is 3. The van der Waals surface area contributed by atoms with E-state index in [9.17, 15) is 4.79 Å². The molecule has 2 aromatic carbocycles. The van der Waals surface area contributed by atoms with Crippen molar-refractivity contribution >= 4 is 44.5 Å². The van der Waals surface area contributed by atoms with E-state index in [0.29, 0.717) is 21.4 Å². The predicted molar refractivity (Wildman–Crippen MR) is 108 cm³/mol. The molecule has 0 unspecified atom stereocenters. The molecule has 0 saturated heterocycles. The molecule has 2 heterocycles. The number of aryl methyl sites for hydroxylation is 2. The highest BCUT2D eigenvalue weighted by Crippen LogP contribution is 2.28. The Morgan fingerprint density at radius 3 is 2.88 bits per heavy atom. The third kappa shape index (κ3) is 3.09. The van der Waals surface area contributed by atoms with Crippen molar-refractivity contribution in [1.29, 1.82) is 0 Å². The van der Waals surface area contributed by atoms with E-state index in [-0.39, 0.29) is 5.56 Å². The number of rotatable bonds is 3. The maximum atomic E-state index is 12.7. The van der Waals surface area contributed by atoms with Gasteiger partial charge in [-0.05, 0) is 49.7 Å². The van der Waals surface area contributed by atoms with Crippen LogP contribution in [0.15, 0.2) is 52.3 Å². The van der Waals surface area contributed by atoms with Crippen LogP contribution in [0, 0.1) is 13.8 Å². The normalized spacial score (nSPS) is 11.7. The second-order valence-electron chi connectivity index (χ2n) is 6.00. The Kier molecular flexibility index (Phi) is 4.22. The van der Waals surface area contributed by atoms with Gasteiger partial charge in [0.2, 0.25) is 5.13 Å². The second kappa shape index (κ2) is 6.55. The second-order valence-corrected chi connectivity index (χ2v) is 7.44. The van der Waals surface area contributed by atoms with E-state index < -0.39 is 0 Å². The van der Waals surface area contributed by atoms with Crippen LogP contribution in [-0.4, -0.2) is 21.0 Å². The minimum Gasteiger partial charge on any atom is -0.295 e. The average molecular weight is 383 g/mol. The molecule has 130 valence electrons. The predicted octanol–water partition coefficient (Wildman–Crippen LogP) is 4.80. The van der Waals surface area contributed by atoms with Crippen molar-refractivity contribution in [2.24, 2.45) is 4.99 Å². The summed E-state index contributed by atoms with van der Waals surface area (Å²) in [5.74, 6) is 0. The van der Waals surface area contributed by atoms with Crippen LogP contribution in [0.3, 0.4) is 0 Å². The average Bonchev–Trinajstić information content (AvgIpc) is 3.13. The highest BCUT2D eigenvalue weighted by molar-refractivity contribution is 7.22. The summed E-state index contributed by atoms with van der Waals surface area (Å²) in [4.78, 5) is 21.6. The van der Waals surface area contributed by atoms with E-state index in [1.54, 1.807) is 24.4 Å². The molecule has 0 bridgehead atoms. The number of H-pyrrole nitrogens is 1. The zero-order valence-corrected chi connectivity index (χ0v) is 15.7. The quantitative estimate of drug-likeness (QED) is 0.517. The van der Waals surface area contributed by atoms with Crippen LogP contribution in [0.5, 0.6) is 0 Å². The lowest BCUT2D eigenvalue weighted by Gasteiger charge is -2.01. The molecule has 4 rings (SSSR count). The van der Waals surface area contributed by atoms with E-state index in [0.717, 1.165) is 15.9 Å². The molecular formula is C19H15ClN4OS. The van der Waals surface area contributed by atoms with Crippen molar-refractivity contribution in [2.75, 3.05) is 0 Å². The molecule has 0 saturated carbocycles. The van der Waals surface area contributed by atoms with Crippen LogP contribution in [0.2, 0.25) is 5.02 Å². The Labute approximate surface area is 158 Å². The van der Waals surface area contributed by atoms with Gasteiger partial charge >= 0.3 is 0 Å². The largest absolute Gasteiger partial charge is 0.295 e. The fraction of sp³-hybridized carbons (Fsp3) is 0.105. The molecule has 0 atom stereocenters. The smallest absolute Gasteiger partial charge is 0.280 e. The molecule has 1 N–H and O–H groups in total. The SMILES string of the molecule is Cc1ccc2nc(/N=C/c3c(C)[nH]n(-c4cccc(Cl)c4)c3=O)sc2c1. The number of hydrogen-bond donors (Lipinski definition) is 1. The lowest BCUT2D eigenvalue weighted by Crippen LogP contribution is -2.17. The summed E-state index contributed by atoms with van der Waals surface area (Å²) < 4.78 is 2.55. The van der Waals surface area contributed by atoms with E-state index in [1.165, 1.54) is 21.6 Å². The van der Waals surface area contributed by atoms with Gasteiger partial charge in [0.1, 0.15) is 0 Å². The number of halogens is 1. The van der Waals surface area contributed by atoms with Crippen molar-refractivity contribution in [3.63, 3.8) is 0 Å². The van der Waals surface area contributed by atoms with Gasteiger partial charge in [0, 0.05) is 16.9 Å². The fourth-order valence-electron chi connectivity index (χ4n) is 2.70. The number of benzene rings is 2. The number of aliphatic imine (C=N–C) groups is 1. The zero-order chi connectivity index (χ0) is 18.3. The van der Waals surface area contributed by atoms with E-state index in [1.807, 2.05) is 32.0 Å². The topological polar surface area (TPSA) is 63.0 Å². The molecule has 26 heavy (non-hydrogen) atoms. The number of nitrogens with one attached hydrogen (secondary N) is 1. The Morgan fingerprint density at radius 1 is 1.23 bits per heavy atom. The maximum Gasteiger partial charge on any atom is 0.280 e. The minimum atomic E-state index is -0.175. The molecule has 7 heteroatoms. The number of thiazole rings is 1. The first kappa shape index (κ1) is 16.8. The molecular weight excluding hydrogens is 368 g/mol. The van der Waals surface area contributed by atoms with Gasteiger partial charge in [-0.3, -0.25) is 9.89 Å². The van der Waals surface area contributed by atoms with Crippen molar-refractivity contribution in [1.82, 2.24) is 14.8 Å². The Bertz CT molecular complexity index is 1200. The number of fused-ring (bicyclic) bond motifs is 1. The molecule has 4 aromatic rings. The monoisotopic (exact) mass is 382 g/mol. The molecule has 5 nitrogen and oxygen atoms in total. The van der Waals surface area contributed by atoms with Crippen LogP contribution < -0.4 is 5.56 Å². The van der Waals surface area contributed by atoms with Gasteiger partial charge < -0.3 is 0 Å². The summed E-state index contributed by atoms with van der Waals surface area (Å²) in [6, 6.07) is 13.2. The summed E-state index contributed by atoms with van der Waals surface area (Å²) in [6.45, 7) is 3.88. The Hall–Kier alpha value is -2.70. The summed E-state index contributed by atoms with van der Waals surface area (Å²) in [5.41, 5.74) is 3.83. The number of aromatic nitrogens is 3. The van der Waals surface area contributed by atoms with Crippen molar-refractivity contribution in [3.8, 4) is 5.69 Å². The van der Waals surface area contributed by atoms with E-state index >= 15 is 0 Å².